The van der Waals surface area contributed by atoms with Crippen molar-refractivity contribution >= 4 is 45.4 Å². The van der Waals surface area contributed by atoms with Crippen LogP contribution in [-0.2, 0) is 47.0 Å². The second-order valence-electron chi connectivity index (χ2n) is 19.1. The molecule has 0 spiro atoms. The van der Waals surface area contributed by atoms with E-state index in [9.17, 15) is 32.4 Å². The Morgan fingerprint density at radius 3 is 2.46 bits per heavy atom. The van der Waals surface area contributed by atoms with Crippen LogP contribution < -0.4 is 19.5 Å². The van der Waals surface area contributed by atoms with Gasteiger partial charge in [-0.3, -0.25) is 38.6 Å². The summed E-state index contributed by atoms with van der Waals surface area (Å²) in [5, 5.41) is 2.26. The number of nitrogens with one attached hydrogen (secondary N) is 2. The SMILES string of the molecule is C=C[C@H]1C[C@@]1(CC(=O)C1C[C@@H](OC(=O)N2Cc3ccc4c(c3C2)OCO4)CN1C(=O)[C@@H](CC(=O)[C@@H](NC(=O)c1cnccn1)C1CCCCC1)C(C)(C)C)C(=O)NS(=O)(=O)C1CC1. The van der Waals surface area contributed by atoms with Gasteiger partial charge in [-0.2, -0.15) is 0 Å². The normalized spacial score (nSPS) is 25.1. The number of rotatable bonds is 15. The van der Waals surface area contributed by atoms with Gasteiger partial charge in [0.2, 0.25) is 28.6 Å². The van der Waals surface area contributed by atoms with Crippen molar-refractivity contribution in [1.29, 1.82) is 0 Å². The number of ether oxygens (including phenoxy) is 3. The maximum atomic E-state index is 15.1. The smallest absolute Gasteiger partial charge is 0.410 e. The molecule has 0 radical (unpaired) electrons. The maximum Gasteiger partial charge on any atom is 0.410 e. The van der Waals surface area contributed by atoms with E-state index < -0.39 is 85.7 Å². The molecule has 1 aromatic carbocycles. The molecule has 6 atom stereocenters. The van der Waals surface area contributed by atoms with Gasteiger partial charge >= 0.3 is 6.09 Å². The average Bonchev–Trinajstić information content (AvgIpc) is 4.06. The van der Waals surface area contributed by atoms with Crippen LogP contribution in [0.2, 0.25) is 0 Å². The van der Waals surface area contributed by atoms with Crippen LogP contribution in [0.4, 0.5) is 4.79 Å². The summed E-state index contributed by atoms with van der Waals surface area (Å²) in [6, 6.07) is 1.59. The zero-order valence-electron chi connectivity index (χ0n) is 36.0. The fraction of sp³-hybridized carbons (Fsp3) is 0.600. The highest BCUT2D eigenvalue weighted by atomic mass is 32.2. The number of sulfonamides is 1. The predicted octanol–water partition coefficient (Wildman–Crippen LogP) is 4.39. The monoisotopic (exact) mass is 888 g/mol. The standard InChI is InChI=1S/C45H56N6O11S/c1-5-28-19-45(28,42(56)49-63(58,59)30-12-13-30)20-36(53)34-17-29(62-43(57)50-22-27-11-14-37-39(31(27)24-50)61-25-60-37)23-51(34)41(55)32(44(2,3)4)18-35(52)38(26-9-7-6-8-10-26)48-40(54)33-21-46-15-16-47-33/h5,11,14-16,21,26,28-30,32,34,38H,1,6-10,12-13,17-20,22-25H2,2-4H3,(H,48,54)(H,49,56)/t28-,29+,32+,34?,38-,45-/m0/s1. The summed E-state index contributed by atoms with van der Waals surface area (Å²) < 4.78 is 45.2. The number of hydrogen-bond acceptors (Lipinski definition) is 13. The quantitative estimate of drug-likeness (QED) is 0.238. The average molecular weight is 889 g/mol. The van der Waals surface area contributed by atoms with Crippen molar-refractivity contribution in [2.45, 2.75) is 128 Å². The number of ketones is 2. The molecule has 4 amide bonds. The summed E-state index contributed by atoms with van der Waals surface area (Å²) in [5.41, 5.74) is -0.464. The minimum absolute atomic E-state index is 0.0589. The zero-order valence-corrected chi connectivity index (χ0v) is 36.8. The van der Waals surface area contributed by atoms with E-state index in [0.29, 0.717) is 24.3 Å². The van der Waals surface area contributed by atoms with E-state index in [1.54, 1.807) is 6.07 Å². The molecule has 1 saturated heterocycles. The third-order valence-electron chi connectivity index (χ3n) is 13.8. The van der Waals surface area contributed by atoms with Crippen molar-refractivity contribution in [1.82, 2.24) is 29.8 Å². The van der Waals surface area contributed by atoms with Crippen molar-refractivity contribution in [2.75, 3.05) is 13.3 Å². The van der Waals surface area contributed by atoms with Crippen molar-refractivity contribution in [3.8, 4) is 11.5 Å². The summed E-state index contributed by atoms with van der Waals surface area (Å²) >= 11 is 0. The molecule has 4 heterocycles. The Kier molecular flexibility index (Phi) is 12.1. The molecule has 0 bridgehead atoms. The van der Waals surface area contributed by atoms with Crippen molar-refractivity contribution in [3.63, 3.8) is 0 Å². The van der Waals surface area contributed by atoms with Crippen LogP contribution in [0.15, 0.2) is 43.4 Å². The lowest BCUT2D eigenvalue weighted by atomic mass is 9.74. The summed E-state index contributed by atoms with van der Waals surface area (Å²) in [6.07, 6.45) is 8.71. The first-order valence-corrected chi connectivity index (χ1v) is 23.5. The van der Waals surface area contributed by atoms with Gasteiger partial charge in [-0.15, -0.1) is 6.58 Å². The summed E-state index contributed by atoms with van der Waals surface area (Å²) in [4.78, 5) is 96.2. The first-order valence-electron chi connectivity index (χ1n) is 22.0. The van der Waals surface area contributed by atoms with Crippen LogP contribution >= 0.6 is 0 Å². The molecule has 1 aromatic heterocycles. The molecule has 2 aromatic rings. The lowest BCUT2D eigenvalue weighted by Crippen LogP contribution is -2.51. The van der Waals surface area contributed by atoms with Gasteiger partial charge in [0.25, 0.3) is 5.91 Å². The molecule has 3 aliphatic carbocycles. The van der Waals surface area contributed by atoms with E-state index in [0.717, 1.165) is 43.2 Å². The van der Waals surface area contributed by atoms with Crippen molar-refractivity contribution in [3.05, 3.63) is 60.2 Å². The molecule has 1 unspecified atom stereocenters. The number of likely N-dealkylation sites (tertiary alicyclic amines) is 1. The summed E-state index contributed by atoms with van der Waals surface area (Å²) in [5.74, 6) is -3.11. The van der Waals surface area contributed by atoms with Crippen LogP contribution in [-0.4, -0.2) is 100 Å². The molecule has 2 N–H and O–H groups in total. The molecule has 63 heavy (non-hydrogen) atoms. The Labute approximate surface area is 367 Å². The van der Waals surface area contributed by atoms with E-state index in [-0.39, 0.29) is 69.5 Å². The van der Waals surface area contributed by atoms with Crippen molar-refractivity contribution < 1.29 is 51.4 Å². The Balaban J connectivity index is 1.04. The first kappa shape index (κ1) is 44.2. The van der Waals surface area contributed by atoms with Crippen LogP contribution in [0.5, 0.6) is 11.5 Å². The van der Waals surface area contributed by atoms with E-state index in [1.807, 2.05) is 26.8 Å². The maximum absolute atomic E-state index is 15.1. The molecule has 3 saturated carbocycles. The lowest BCUT2D eigenvalue weighted by molar-refractivity contribution is -0.146. The van der Waals surface area contributed by atoms with Gasteiger partial charge < -0.3 is 24.4 Å². The van der Waals surface area contributed by atoms with Crippen LogP contribution in [0.25, 0.3) is 0 Å². The van der Waals surface area contributed by atoms with Crippen LogP contribution in [0.1, 0.15) is 113 Å². The van der Waals surface area contributed by atoms with Gasteiger partial charge in [-0.05, 0) is 61.0 Å². The van der Waals surface area contributed by atoms with E-state index in [4.69, 9.17) is 14.2 Å². The Hall–Kier alpha value is -5.39. The van der Waals surface area contributed by atoms with Gasteiger partial charge in [-0.1, -0.05) is 52.2 Å². The number of benzene rings is 1. The number of aromatic nitrogens is 2. The van der Waals surface area contributed by atoms with E-state index in [1.165, 1.54) is 34.5 Å². The van der Waals surface area contributed by atoms with Gasteiger partial charge in [0, 0.05) is 49.7 Å². The van der Waals surface area contributed by atoms with E-state index >= 15 is 4.79 Å². The summed E-state index contributed by atoms with van der Waals surface area (Å²) in [6.45, 7) is 9.67. The number of hydrogen-bond donors (Lipinski definition) is 2. The van der Waals surface area contributed by atoms with Gasteiger partial charge in [0.05, 0.1) is 42.0 Å². The Morgan fingerprint density at radius 2 is 1.79 bits per heavy atom. The predicted molar refractivity (Wildman–Crippen MR) is 225 cm³/mol. The Bertz CT molecular complexity index is 2290. The number of nitrogens with zero attached hydrogens (tertiary/aromatic N) is 4. The zero-order chi connectivity index (χ0) is 44.8. The van der Waals surface area contributed by atoms with Crippen LogP contribution in [0.3, 0.4) is 0 Å². The number of allylic oxidation sites excluding steroid dienone is 1. The highest BCUT2D eigenvalue weighted by molar-refractivity contribution is 7.90. The minimum atomic E-state index is -3.92. The fourth-order valence-electron chi connectivity index (χ4n) is 9.78. The fourth-order valence-corrected chi connectivity index (χ4v) is 11.2. The molecular weight excluding hydrogens is 833 g/mol. The molecule has 18 heteroatoms. The minimum Gasteiger partial charge on any atom is -0.454 e. The van der Waals surface area contributed by atoms with Crippen molar-refractivity contribution in [2.24, 2.45) is 28.6 Å². The third-order valence-corrected chi connectivity index (χ3v) is 15.6. The second-order valence-corrected chi connectivity index (χ2v) is 21.1. The number of amides is 4. The van der Waals surface area contributed by atoms with Gasteiger partial charge in [0.15, 0.2) is 23.1 Å². The number of carbonyl (C=O) groups excluding carboxylic acids is 6. The third kappa shape index (κ3) is 9.18. The largest absolute Gasteiger partial charge is 0.454 e. The molecule has 17 nitrogen and oxygen atoms in total. The summed E-state index contributed by atoms with van der Waals surface area (Å²) in [7, 11) is -3.92. The molecular formula is C45H56N6O11S. The molecule has 338 valence electrons. The molecule has 6 aliphatic rings. The second kappa shape index (κ2) is 17.3. The lowest BCUT2D eigenvalue weighted by Gasteiger charge is -2.36. The molecule has 8 rings (SSSR count). The van der Waals surface area contributed by atoms with Gasteiger partial charge in [-0.25, -0.2) is 18.2 Å². The molecule has 3 aliphatic heterocycles. The highest BCUT2D eigenvalue weighted by Crippen LogP contribution is 2.57. The van der Waals surface area contributed by atoms with Gasteiger partial charge in [0.1, 0.15) is 11.8 Å². The number of carbonyl (C=O) groups is 6. The number of Topliss-reactive ketones (excluding diaryl/α,β-unsaturated/α-hetero) is 2. The number of fused-ring (bicyclic) bond motifs is 3. The molecule has 4 fully saturated rings. The first-order chi connectivity index (χ1) is 30.0. The topological polar surface area (TPSA) is 221 Å². The van der Waals surface area contributed by atoms with Crippen LogP contribution in [0, 0.1) is 28.6 Å². The highest BCUT2D eigenvalue weighted by Gasteiger charge is 2.61. The van der Waals surface area contributed by atoms with E-state index in [2.05, 4.69) is 26.6 Å². The Morgan fingerprint density at radius 1 is 1.03 bits per heavy atom.